The molecule has 1 aromatic rings. The highest BCUT2D eigenvalue weighted by molar-refractivity contribution is 7.98. The summed E-state index contributed by atoms with van der Waals surface area (Å²) in [6.45, 7) is 1.71. The van der Waals surface area contributed by atoms with E-state index in [2.05, 4.69) is 16.0 Å². The minimum absolute atomic E-state index is 0.248. The van der Waals surface area contributed by atoms with Gasteiger partial charge in [0.25, 0.3) is 0 Å². The van der Waals surface area contributed by atoms with Crippen molar-refractivity contribution in [1.82, 2.24) is 15.5 Å². The average molecular weight is 378 g/mol. The van der Waals surface area contributed by atoms with Gasteiger partial charge in [-0.05, 0) is 37.8 Å². The molecule has 9 heteroatoms. The average Bonchev–Trinajstić information content (AvgIpc) is 3.02. The van der Waals surface area contributed by atoms with Gasteiger partial charge >= 0.3 is 6.03 Å². The first-order chi connectivity index (χ1) is 12.4. The van der Waals surface area contributed by atoms with Gasteiger partial charge in [-0.3, -0.25) is 9.59 Å². The molecular formula is C17H22N4O4S. The van der Waals surface area contributed by atoms with Crippen molar-refractivity contribution in [3.8, 4) is 0 Å². The Hall–Kier alpha value is -2.26. The molecule has 2 aliphatic rings. The van der Waals surface area contributed by atoms with Crippen molar-refractivity contribution in [2.75, 3.05) is 18.1 Å². The Morgan fingerprint density at radius 1 is 1.42 bits per heavy atom. The highest BCUT2D eigenvalue weighted by Gasteiger charge is 2.47. The van der Waals surface area contributed by atoms with Crippen LogP contribution < -0.4 is 16.0 Å². The number of hydrogen-bond donors (Lipinski definition) is 4. The molecule has 0 radical (unpaired) electrons. The summed E-state index contributed by atoms with van der Waals surface area (Å²) in [5.74, 6) is -0.616. The minimum atomic E-state index is -0.966. The molecule has 0 spiro atoms. The van der Waals surface area contributed by atoms with Crippen LogP contribution >= 0.6 is 11.8 Å². The zero-order chi connectivity index (χ0) is 18.8. The molecule has 0 aromatic heterocycles. The Morgan fingerprint density at radius 2 is 2.19 bits per heavy atom. The number of carbonyl (C=O) groups is 3. The molecule has 0 aliphatic carbocycles. The highest BCUT2D eigenvalue weighted by Crippen LogP contribution is 2.24. The number of piperazine rings is 1. The molecule has 1 aromatic carbocycles. The molecule has 8 nitrogen and oxygen atoms in total. The van der Waals surface area contributed by atoms with E-state index in [1.54, 1.807) is 17.8 Å². The fourth-order valence-electron chi connectivity index (χ4n) is 3.30. The smallest absolute Gasteiger partial charge is 0.319 e. The van der Waals surface area contributed by atoms with Crippen LogP contribution in [-0.2, 0) is 9.59 Å². The number of aliphatic hydroxyl groups is 1. The molecule has 4 atom stereocenters. The molecule has 2 aliphatic heterocycles. The first kappa shape index (κ1) is 18.5. The molecule has 4 N–H and O–H groups in total. The molecule has 0 saturated carbocycles. The second-order valence-corrected chi connectivity index (χ2v) is 7.38. The third-order valence-corrected chi connectivity index (χ3v) is 5.32. The molecule has 0 bridgehead atoms. The Kier molecular flexibility index (Phi) is 5.38. The van der Waals surface area contributed by atoms with Crippen LogP contribution in [0, 0.1) is 0 Å². The first-order valence-corrected chi connectivity index (χ1v) is 9.62. The summed E-state index contributed by atoms with van der Waals surface area (Å²) in [4.78, 5) is 39.3. The molecular weight excluding hydrogens is 356 g/mol. The molecule has 140 valence electrons. The van der Waals surface area contributed by atoms with Crippen LogP contribution in [0.15, 0.2) is 29.2 Å². The van der Waals surface area contributed by atoms with E-state index in [1.165, 1.54) is 11.8 Å². The van der Waals surface area contributed by atoms with Gasteiger partial charge < -0.3 is 26.0 Å². The van der Waals surface area contributed by atoms with E-state index in [-0.39, 0.29) is 30.4 Å². The van der Waals surface area contributed by atoms with Crippen molar-refractivity contribution < 1.29 is 19.5 Å². The molecule has 2 heterocycles. The van der Waals surface area contributed by atoms with Gasteiger partial charge in [0.1, 0.15) is 12.1 Å². The van der Waals surface area contributed by atoms with Gasteiger partial charge in [-0.2, -0.15) is 0 Å². The van der Waals surface area contributed by atoms with Gasteiger partial charge in [-0.15, -0.1) is 11.8 Å². The van der Waals surface area contributed by atoms with E-state index in [0.29, 0.717) is 12.1 Å². The largest absolute Gasteiger partial charge is 0.391 e. The predicted octanol–water partition coefficient (Wildman–Crippen LogP) is 0.379. The zero-order valence-electron chi connectivity index (χ0n) is 14.6. The van der Waals surface area contributed by atoms with Crippen molar-refractivity contribution in [2.24, 2.45) is 0 Å². The highest BCUT2D eigenvalue weighted by atomic mass is 32.2. The summed E-state index contributed by atoms with van der Waals surface area (Å²) < 4.78 is 0. The number of nitrogens with one attached hydrogen (secondary N) is 3. The minimum Gasteiger partial charge on any atom is -0.391 e. The zero-order valence-corrected chi connectivity index (χ0v) is 15.4. The first-order valence-electron chi connectivity index (χ1n) is 8.39. The lowest BCUT2D eigenvalue weighted by Crippen LogP contribution is -2.64. The van der Waals surface area contributed by atoms with Crippen molar-refractivity contribution in [2.45, 2.75) is 42.5 Å². The summed E-state index contributed by atoms with van der Waals surface area (Å²) in [5, 5.41) is 17.8. The van der Waals surface area contributed by atoms with Crippen molar-refractivity contribution in [3.05, 3.63) is 24.3 Å². The fraction of sp³-hybridized carbons (Fsp3) is 0.471. The predicted molar refractivity (Wildman–Crippen MR) is 97.9 cm³/mol. The number of amides is 4. The molecule has 3 rings (SSSR count). The second kappa shape index (κ2) is 7.55. The van der Waals surface area contributed by atoms with Crippen molar-refractivity contribution in [3.63, 3.8) is 0 Å². The third kappa shape index (κ3) is 3.78. The summed E-state index contributed by atoms with van der Waals surface area (Å²) >= 11 is 1.58. The number of fused-ring (bicyclic) bond motifs is 1. The SMILES string of the molecule is CSc1cccc(NC(=O)N[C@H]2C[C@H]3C(=O)N[C@@H]([C@@H](C)O)C(=O)N3C2)c1. The van der Waals surface area contributed by atoms with Crippen LogP contribution in [0.5, 0.6) is 0 Å². The van der Waals surface area contributed by atoms with E-state index in [1.807, 2.05) is 24.5 Å². The standard InChI is InChI=1S/C17H22N4O4S/c1-9(22)14-16(24)21-8-11(7-13(21)15(23)20-14)19-17(25)18-10-4-3-5-12(6-10)26-2/h3-6,9,11,13-14,22H,7-8H2,1-2H3,(H,20,23)(H2,18,19,25)/t9-,11+,13+,14+/m1/s1. The maximum Gasteiger partial charge on any atom is 0.319 e. The van der Waals surface area contributed by atoms with E-state index < -0.39 is 18.2 Å². The van der Waals surface area contributed by atoms with Gasteiger partial charge in [-0.1, -0.05) is 6.07 Å². The van der Waals surface area contributed by atoms with E-state index in [9.17, 15) is 19.5 Å². The van der Waals surface area contributed by atoms with Crippen LogP contribution in [0.25, 0.3) is 0 Å². The third-order valence-electron chi connectivity index (χ3n) is 4.60. The number of benzene rings is 1. The van der Waals surface area contributed by atoms with E-state index in [4.69, 9.17) is 0 Å². The van der Waals surface area contributed by atoms with Gasteiger partial charge in [0.2, 0.25) is 11.8 Å². The normalized spacial score (nSPS) is 26.1. The monoisotopic (exact) mass is 378 g/mol. The lowest BCUT2D eigenvalue weighted by Gasteiger charge is -2.35. The fourth-order valence-corrected chi connectivity index (χ4v) is 3.76. The summed E-state index contributed by atoms with van der Waals surface area (Å²) in [7, 11) is 0. The Morgan fingerprint density at radius 3 is 2.88 bits per heavy atom. The molecule has 2 fully saturated rings. The molecule has 0 unspecified atom stereocenters. The summed E-state index contributed by atoms with van der Waals surface area (Å²) in [5.41, 5.74) is 0.674. The van der Waals surface area contributed by atoms with Crippen LogP contribution in [0.3, 0.4) is 0 Å². The lowest BCUT2D eigenvalue weighted by molar-refractivity contribution is -0.149. The van der Waals surface area contributed by atoms with Crippen LogP contribution in [-0.4, -0.2) is 64.9 Å². The van der Waals surface area contributed by atoms with Gasteiger partial charge in [0, 0.05) is 17.1 Å². The lowest BCUT2D eigenvalue weighted by atomic mass is 10.0. The maximum atomic E-state index is 12.4. The Labute approximate surface area is 155 Å². The van der Waals surface area contributed by atoms with E-state index in [0.717, 1.165) is 4.90 Å². The number of anilines is 1. The number of thioether (sulfide) groups is 1. The van der Waals surface area contributed by atoms with E-state index >= 15 is 0 Å². The van der Waals surface area contributed by atoms with Gasteiger partial charge in [0.15, 0.2) is 0 Å². The van der Waals surface area contributed by atoms with Crippen molar-refractivity contribution >= 4 is 35.3 Å². The Balaban J connectivity index is 1.61. The molecule has 2 saturated heterocycles. The number of aliphatic hydroxyl groups excluding tert-OH is 1. The van der Waals surface area contributed by atoms with Gasteiger partial charge in [-0.25, -0.2) is 4.79 Å². The molecule has 26 heavy (non-hydrogen) atoms. The topological polar surface area (TPSA) is 111 Å². The summed E-state index contributed by atoms with van der Waals surface area (Å²) in [6, 6.07) is 5.22. The number of urea groups is 1. The summed E-state index contributed by atoms with van der Waals surface area (Å²) in [6.07, 6.45) is 1.34. The number of hydrogen-bond acceptors (Lipinski definition) is 5. The van der Waals surface area contributed by atoms with Crippen molar-refractivity contribution in [1.29, 1.82) is 0 Å². The molecule has 4 amide bonds. The van der Waals surface area contributed by atoms with Gasteiger partial charge in [0.05, 0.1) is 12.1 Å². The van der Waals surface area contributed by atoms with Crippen LogP contribution in [0.4, 0.5) is 10.5 Å². The van der Waals surface area contributed by atoms with Crippen LogP contribution in [0.2, 0.25) is 0 Å². The quantitative estimate of drug-likeness (QED) is 0.566. The number of nitrogens with zero attached hydrogens (tertiary/aromatic N) is 1. The number of carbonyl (C=O) groups excluding carboxylic acids is 3. The van der Waals surface area contributed by atoms with Crippen LogP contribution in [0.1, 0.15) is 13.3 Å². The Bertz CT molecular complexity index is 726. The maximum absolute atomic E-state index is 12.4. The number of rotatable bonds is 4. The second-order valence-electron chi connectivity index (χ2n) is 6.50.